The fraction of sp³-hybridized carbons (Fsp3) is 0. The second kappa shape index (κ2) is 1.64. The highest BCUT2D eigenvalue weighted by atomic mass is 32.0. The molecule has 0 bridgehead atoms. The van der Waals surface area contributed by atoms with E-state index in [4.69, 9.17) is 0 Å². The average Bonchev–Trinajstić information content (AvgIpc) is 1.76. The van der Waals surface area contributed by atoms with Crippen LogP contribution in [0.5, 0.6) is 0 Å². The van der Waals surface area contributed by atoms with Gasteiger partial charge < -0.3 is 0 Å². The molecule has 0 aromatic carbocycles. The van der Waals surface area contributed by atoms with Crippen molar-refractivity contribution in [3.05, 3.63) is 0 Å². The van der Waals surface area contributed by atoms with Crippen LogP contribution in [0.2, 0.25) is 0 Å². The first-order valence-corrected chi connectivity index (χ1v) is 3.77. The molecule has 0 aromatic heterocycles. The van der Waals surface area contributed by atoms with Crippen LogP contribution in [0.3, 0.4) is 0 Å². The van der Waals surface area contributed by atoms with Gasteiger partial charge in [0.2, 0.25) is 6.21 Å². The smallest absolute Gasteiger partial charge is 0.0259 e. The summed E-state index contributed by atoms with van der Waals surface area (Å²) in [6.07, 6.45) is 1.84. The van der Waals surface area contributed by atoms with Crippen LogP contribution in [0.4, 0.5) is 0 Å². The van der Waals surface area contributed by atoms with Crippen molar-refractivity contribution in [2.24, 2.45) is 0 Å². The maximum absolute atomic E-state index is 3.86. The third kappa shape index (κ3) is 0.792. The molecule has 5 heavy (non-hydrogen) atoms. The van der Waals surface area contributed by atoms with Gasteiger partial charge in [-0.25, -0.2) is 0 Å². The van der Waals surface area contributed by atoms with Gasteiger partial charge in [0, 0.05) is 13.7 Å². The van der Waals surface area contributed by atoms with Crippen molar-refractivity contribution in [2.75, 3.05) is 0 Å². The van der Waals surface area contributed by atoms with Gasteiger partial charge >= 0.3 is 8.42 Å². The molecule has 1 aliphatic rings. The van der Waals surface area contributed by atoms with Gasteiger partial charge in [-0.05, 0) is 0 Å². The predicted molar refractivity (Wildman–Crippen MR) is 28.1 cm³/mol. The van der Waals surface area contributed by atoms with Gasteiger partial charge in [0.1, 0.15) is 0 Å². The highest BCUT2D eigenvalue weighted by Crippen LogP contribution is 2.23. The Morgan fingerprint density at radius 1 is 1.60 bits per heavy atom. The first-order chi connectivity index (χ1) is 2.50. The van der Waals surface area contributed by atoms with E-state index < -0.39 is 0 Å². The quantitative estimate of drug-likeness (QED) is 0.404. The molecule has 0 aromatic rings. The van der Waals surface area contributed by atoms with E-state index >= 15 is 0 Å². The highest BCUT2D eigenvalue weighted by molar-refractivity contribution is 8.11. The monoisotopic (exact) mass is 102 g/mol. The lowest BCUT2D eigenvalue weighted by atomic mass is 10.9. The summed E-state index contributed by atoms with van der Waals surface area (Å²) in [6.45, 7) is 0. The molecule has 1 nitrogen and oxygen atoms in total. The van der Waals surface area contributed by atoms with Crippen LogP contribution in [0.1, 0.15) is 0 Å². The summed E-state index contributed by atoms with van der Waals surface area (Å²) in [5.41, 5.74) is 0. The Balaban J connectivity index is 2.61. The molecule has 2 radical (unpaired) electrons. The van der Waals surface area contributed by atoms with E-state index in [9.17, 15) is 0 Å². The average molecular weight is 102 g/mol. The number of nitrogens with zero attached hydrogens (tertiary/aromatic N) is 1. The summed E-state index contributed by atoms with van der Waals surface area (Å²) < 4.78 is 3.86. The van der Waals surface area contributed by atoms with Crippen molar-refractivity contribution >= 4 is 28.3 Å². The van der Waals surface area contributed by atoms with Crippen LogP contribution in [0.15, 0.2) is 0 Å². The van der Waals surface area contributed by atoms with Crippen molar-refractivity contribution < 1.29 is 0 Å². The van der Waals surface area contributed by atoms with Crippen LogP contribution >= 0.6 is 16.3 Å². The summed E-state index contributed by atoms with van der Waals surface area (Å²) in [6, 6.07) is 0. The van der Waals surface area contributed by atoms with E-state index in [1.54, 1.807) is 0 Å². The minimum absolute atomic E-state index is 1.18. The third-order valence-electron chi connectivity index (χ3n) is 0.303. The molecule has 0 amide bonds. The van der Waals surface area contributed by atoms with Gasteiger partial charge in [-0.15, -0.1) is 0 Å². The van der Waals surface area contributed by atoms with E-state index in [0.29, 0.717) is 0 Å². The lowest BCUT2D eigenvalue weighted by Gasteiger charge is -1.32. The topological polar surface area (TPSA) is 14.1 Å². The second-order valence-electron chi connectivity index (χ2n) is 0.619. The molecule has 0 aliphatic carbocycles. The van der Waals surface area contributed by atoms with Crippen LogP contribution in [0.25, 0.3) is 0 Å². The predicted octanol–water partition coefficient (Wildman–Crippen LogP) is 0.931. The molecule has 1 aliphatic heterocycles. The molecule has 1 rings (SSSR count). The molecule has 0 spiro atoms. The Kier molecular flexibility index (Phi) is 1.14. The van der Waals surface area contributed by atoms with Crippen molar-refractivity contribution in [3.63, 3.8) is 0 Å². The van der Waals surface area contributed by atoms with E-state index in [-0.39, 0.29) is 0 Å². The fourth-order valence-corrected chi connectivity index (χ4v) is 1.34. The molecule has 0 unspecified atom stereocenters. The second-order valence-corrected chi connectivity index (χ2v) is 2.79. The molecule has 0 saturated carbocycles. The largest absolute Gasteiger partial charge is 0.415 e. The molecule has 0 N–H and O–H groups in total. The minimum atomic E-state index is 1.18. The van der Waals surface area contributed by atoms with Crippen LogP contribution in [0, 0.1) is 0 Å². The molecule has 24 valence electrons. The SMILES string of the molecule is C1=[N+][P]P=C1. The summed E-state index contributed by atoms with van der Waals surface area (Å²) in [5.74, 6) is 2.03. The van der Waals surface area contributed by atoms with E-state index in [2.05, 4.69) is 4.76 Å². The number of rotatable bonds is 0. The maximum atomic E-state index is 3.86. The first-order valence-electron chi connectivity index (χ1n) is 1.25. The van der Waals surface area contributed by atoms with Crippen molar-refractivity contribution in [1.82, 2.24) is 4.76 Å². The Morgan fingerprint density at radius 2 is 2.60 bits per heavy atom. The lowest BCUT2D eigenvalue weighted by Crippen LogP contribution is -1.66. The molecule has 0 fully saturated rings. The summed E-state index contributed by atoms with van der Waals surface area (Å²) >= 11 is 0. The molecule has 1 heterocycles. The Hall–Kier alpha value is 0.270. The van der Waals surface area contributed by atoms with Crippen LogP contribution < -0.4 is 4.76 Å². The molecule has 3 heteroatoms. The van der Waals surface area contributed by atoms with E-state index in [0.717, 1.165) is 0 Å². The molecule has 0 saturated heterocycles. The van der Waals surface area contributed by atoms with Crippen molar-refractivity contribution in [2.45, 2.75) is 0 Å². The fourth-order valence-electron chi connectivity index (χ4n) is 0.149. The Labute approximate surface area is 34.0 Å². The van der Waals surface area contributed by atoms with Gasteiger partial charge in [0.05, 0.1) is 4.76 Å². The summed E-state index contributed by atoms with van der Waals surface area (Å²) in [7, 11) is 2.49. The molecular weight excluding hydrogens is 100.0 g/mol. The normalized spacial score (nSPS) is 25.6. The maximum Gasteiger partial charge on any atom is 0.415 e. The van der Waals surface area contributed by atoms with Gasteiger partial charge in [-0.3, -0.25) is 0 Å². The third-order valence-corrected chi connectivity index (χ3v) is 1.93. The standard InChI is InChI=1S/C2H2NP2/c1-2-4-5-3-1/h1-2H/q+1. The van der Waals surface area contributed by atoms with Crippen molar-refractivity contribution in [3.8, 4) is 0 Å². The van der Waals surface area contributed by atoms with Gasteiger partial charge in [-0.2, -0.15) is 0 Å². The Morgan fingerprint density at radius 3 is 2.80 bits per heavy atom. The van der Waals surface area contributed by atoms with Crippen LogP contribution in [-0.4, -0.2) is 12.0 Å². The Bertz CT molecular complexity index is 65.7. The van der Waals surface area contributed by atoms with Crippen LogP contribution in [-0.2, 0) is 0 Å². The zero-order valence-electron chi connectivity index (χ0n) is 2.50. The van der Waals surface area contributed by atoms with Gasteiger partial charge in [0.15, 0.2) is 0 Å². The first kappa shape index (κ1) is 3.46. The summed E-state index contributed by atoms with van der Waals surface area (Å²) in [5, 5.41) is 0. The van der Waals surface area contributed by atoms with E-state index in [1.807, 2.05) is 12.0 Å². The van der Waals surface area contributed by atoms with Gasteiger partial charge in [-0.1, -0.05) is 0 Å². The number of hydrogen-bond donors (Lipinski definition) is 0. The van der Waals surface area contributed by atoms with E-state index in [1.165, 1.54) is 16.3 Å². The minimum Gasteiger partial charge on any atom is 0.0259 e. The summed E-state index contributed by atoms with van der Waals surface area (Å²) in [4.78, 5) is 0. The van der Waals surface area contributed by atoms with Gasteiger partial charge in [0.25, 0.3) is 0 Å². The zero-order valence-corrected chi connectivity index (χ0v) is 4.29. The molecular formula is C2H2NP2+. The number of hydrogen-bond acceptors (Lipinski definition) is 1. The van der Waals surface area contributed by atoms with Crippen molar-refractivity contribution in [1.29, 1.82) is 0 Å². The molecule has 0 atom stereocenters. The zero-order chi connectivity index (χ0) is 3.54. The highest BCUT2D eigenvalue weighted by Gasteiger charge is 1.96. The lowest BCUT2D eigenvalue weighted by molar-refractivity contribution is 1.77.